The monoisotopic (exact) mass is 408 g/mol. The van der Waals surface area contributed by atoms with E-state index in [1.165, 1.54) is 22.7 Å². The number of hydrogen-bond donors (Lipinski definition) is 4. The minimum absolute atomic E-state index is 0.0820. The number of amides is 2. The van der Waals surface area contributed by atoms with E-state index in [-0.39, 0.29) is 18.1 Å². The summed E-state index contributed by atoms with van der Waals surface area (Å²) in [6.45, 7) is 9.98. The first-order chi connectivity index (χ1) is 13.6. The lowest BCUT2D eigenvalue weighted by atomic mass is 9.95. The predicted molar refractivity (Wildman–Crippen MR) is 112 cm³/mol. The Morgan fingerprint density at radius 3 is 2.46 bits per heavy atom. The van der Waals surface area contributed by atoms with E-state index in [4.69, 9.17) is 0 Å². The van der Waals surface area contributed by atoms with Gasteiger partial charge in [-0.1, -0.05) is 25.3 Å². The van der Waals surface area contributed by atoms with E-state index >= 15 is 0 Å². The van der Waals surface area contributed by atoms with Gasteiger partial charge in [-0.25, -0.2) is 0 Å². The van der Waals surface area contributed by atoms with Gasteiger partial charge in [0.1, 0.15) is 32.2 Å². The molecule has 2 atom stereocenters. The average Bonchev–Trinajstić information content (AvgIpc) is 3.23. The second-order valence-electron chi connectivity index (χ2n) is 8.33. The fourth-order valence-corrected chi connectivity index (χ4v) is 5.70. The smallest absolute Gasteiger partial charge is 0.309 e. The Hall–Kier alpha value is -1.44. The largest absolute Gasteiger partial charge is 0.345 e. The standard InChI is InChI=1S/C21H34N4O2S/c1-3-24-11-13-25(14-12-24)19(18-10-7-15-28-18)16(2)22-20(26)21(27)23-17-8-5-4-6-9-17/h7,10,15-17,19H,3-6,8-9,11-14H2,1-2H3,(H,22,26)(H,23,27)/p+2/t16-,19+/m1/s1. The number of carbonyl (C=O) groups is 2. The summed E-state index contributed by atoms with van der Waals surface area (Å²) >= 11 is 1.74. The fourth-order valence-electron chi connectivity index (χ4n) is 4.71. The van der Waals surface area contributed by atoms with Crippen molar-refractivity contribution < 1.29 is 19.4 Å². The van der Waals surface area contributed by atoms with E-state index in [1.807, 2.05) is 6.92 Å². The van der Waals surface area contributed by atoms with E-state index in [2.05, 4.69) is 35.1 Å². The molecule has 0 unspecified atom stereocenters. The zero-order valence-corrected chi connectivity index (χ0v) is 18.1. The van der Waals surface area contributed by atoms with Crippen LogP contribution < -0.4 is 20.4 Å². The second kappa shape index (κ2) is 10.4. The number of hydrogen-bond acceptors (Lipinski definition) is 3. The minimum atomic E-state index is -0.489. The number of nitrogens with one attached hydrogen (secondary N) is 4. The molecule has 1 saturated carbocycles. The van der Waals surface area contributed by atoms with E-state index in [9.17, 15) is 9.59 Å². The summed E-state index contributed by atoms with van der Waals surface area (Å²) in [6, 6.07) is 4.51. The third-order valence-corrected chi connectivity index (χ3v) is 7.35. The SMILES string of the molecule is CC[NH+]1CC[NH+]([C@H](c2cccs2)[C@@H](C)NC(=O)C(=O)NC2CCCCC2)CC1. The maximum Gasteiger partial charge on any atom is 0.309 e. The number of carbonyl (C=O) groups excluding carboxylic acids is 2. The predicted octanol–water partition coefficient (Wildman–Crippen LogP) is -0.454. The molecule has 2 aliphatic rings. The van der Waals surface area contributed by atoms with E-state index in [0.29, 0.717) is 0 Å². The number of piperazine rings is 1. The van der Waals surface area contributed by atoms with Crippen LogP contribution in [-0.2, 0) is 9.59 Å². The Morgan fingerprint density at radius 2 is 1.86 bits per heavy atom. The van der Waals surface area contributed by atoms with Crippen LogP contribution >= 0.6 is 11.3 Å². The van der Waals surface area contributed by atoms with Crippen molar-refractivity contribution in [2.24, 2.45) is 0 Å². The zero-order valence-electron chi connectivity index (χ0n) is 17.3. The van der Waals surface area contributed by atoms with Crippen LogP contribution in [0.3, 0.4) is 0 Å². The number of likely N-dealkylation sites (N-methyl/N-ethyl adjacent to an activating group) is 1. The molecule has 1 aromatic rings. The van der Waals surface area contributed by atoms with Crippen LogP contribution in [0.2, 0.25) is 0 Å². The van der Waals surface area contributed by atoms with Gasteiger partial charge in [0.15, 0.2) is 0 Å². The van der Waals surface area contributed by atoms with Crippen LogP contribution in [0.4, 0.5) is 0 Å². The number of rotatable bonds is 6. The van der Waals surface area contributed by atoms with Crippen molar-refractivity contribution in [2.45, 2.75) is 64.1 Å². The van der Waals surface area contributed by atoms with Crippen LogP contribution in [0.5, 0.6) is 0 Å². The molecule has 2 fully saturated rings. The molecule has 156 valence electrons. The summed E-state index contributed by atoms with van der Waals surface area (Å²) in [4.78, 5) is 29.4. The van der Waals surface area contributed by atoms with Gasteiger partial charge in [-0.3, -0.25) is 9.59 Å². The molecule has 7 heteroatoms. The van der Waals surface area contributed by atoms with Crippen molar-refractivity contribution in [2.75, 3.05) is 32.7 Å². The van der Waals surface area contributed by atoms with Gasteiger partial charge in [0.05, 0.1) is 17.5 Å². The topological polar surface area (TPSA) is 67.1 Å². The highest BCUT2D eigenvalue weighted by molar-refractivity contribution is 7.10. The Balaban J connectivity index is 1.60. The number of thiophene rings is 1. The molecule has 1 aromatic heterocycles. The van der Waals surface area contributed by atoms with Crippen molar-refractivity contribution in [3.63, 3.8) is 0 Å². The Labute approximate surface area is 172 Å². The maximum absolute atomic E-state index is 12.5. The van der Waals surface area contributed by atoms with Crippen LogP contribution in [-0.4, -0.2) is 56.6 Å². The Bertz CT molecular complexity index is 622. The first kappa shape index (κ1) is 21.3. The van der Waals surface area contributed by atoms with Crippen LogP contribution in [0.1, 0.15) is 56.9 Å². The van der Waals surface area contributed by atoms with Crippen molar-refractivity contribution in [1.82, 2.24) is 10.6 Å². The fraction of sp³-hybridized carbons (Fsp3) is 0.714. The van der Waals surface area contributed by atoms with Crippen LogP contribution in [0.25, 0.3) is 0 Å². The molecule has 6 nitrogen and oxygen atoms in total. The van der Waals surface area contributed by atoms with E-state index in [1.54, 1.807) is 16.2 Å². The molecule has 1 aliphatic heterocycles. The summed E-state index contributed by atoms with van der Waals surface area (Å²) in [6.07, 6.45) is 5.48. The molecule has 0 bridgehead atoms. The van der Waals surface area contributed by atoms with E-state index < -0.39 is 11.8 Å². The van der Waals surface area contributed by atoms with Crippen molar-refractivity contribution >= 4 is 23.2 Å². The summed E-state index contributed by atoms with van der Waals surface area (Å²) < 4.78 is 0. The molecule has 4 N–H and O–H groups in total. The van der Waals surface area contributed by atoms with Gasteiger partial charge < -0.3 is 20.4 Å². The quantitative estimate of drug-likeness (QED) is 0.482. The number of quaternary nitrogens is 2. The maximum atomic E-state index is 12.5. The molecule has 0 spiro atoms. The summed E-state index contributed by atoms with van der Waals surface area (Å²) in [5, 5.41) is 8.04. The lowest BCUT2D eigenvalue weighted by Gasteiger charge is -2.36. The highest BCUT2D eigenvalue weighted by atomic mass is 32.1. The Kier molecular flexibility index (Phi) is 7.88. The van der Waals surface area contributed by atoms with Crippen LogP contribution in [0, 0.1) is 0 Å². The lowest BCUT2D eigenvalue weighted by molar-refractivity contribution is -1.03. The van der Waals surface area contributed by atoms with Crippen LogP contribution in [0.15, 0.2) is 17.5 Å². The molecule has 0 aromatic carbocycles. The lowest BCUT2D eigenvalue weighted by Crippen LogP contribution is -3.28. The zero-order chi connectivity index (χ0) is 19.9. The second-order valence-corrected chi connectivity index (χ2v) is 9.30. The van der Waals surface area contributed by atoms with Gasteiger partial charge >= 0.3 is 11.8 Å². The van der Waals surface area contributed by atoms with Gasteiger partial charge in [-0.05, 0) is 38.1 Å². The van der Waals surface area contributed by atoms with E-state index in [0.717, 1.165) is 51.9 Å². The van der Waals surface area contributed by atoms with Crippen molar-refractivity contribution in [3.05, 3.63) is 22.4 Å². The molecule has 28 heavy (non-hydrogen) atoms. The summed E-state index contributed by atoms with van der Waals surface area (Å²) in [7, 11) is 0. The van der Waals surface area contributed by atoms with Gasteiger partial charge in [-0.15, -0.1) is 11.3 Å². The molecular weight excluding hydrogens is 372 g/mol. The highest BCUT2D eigenvalue weighted by Crippen LogP contribution is 2.20. The Morgan fingerprint density at radius 1 is 1.14 bits per heavy atom. The van der Waals surface area contributed by atoms with Gasteiger partial charge in [0.2, 0.25) is 0 Å². The summed E-state index contributed by atoms with van der Waals surface area (Å²) in [5.41, 5.74) is 0. The molecule has 2 heterocycles. The van der Waals surface area contributed by atoms with Crippen molar-refractivity contribution in [3.8, 4) is 0 Å². The van der Waals surface area contributed by atoms with Gasteiger partial charge in [0.25, 0.3) is 0 Å². The molecule has 1 saturated heterocycles. The molecular formula is C21H36N4O2S+2. The first-order valence-corrected chi connectivity index (χ1v) is 11.8. The molecule has 0 radical (unpaired) electrons. The summed E-state index contributed by atoms with van der Waals surface area (Å²) in [5.74, 6) is -0.962. The van der Waals surface area contributed by atoms with Gasteiger partial charge in [-0.2, -0.15) is 0 Å². The normalized spacial score (nSPS) is 25.6. The highest BCUT2D eigenvalue weighted by Gasteiger charge is 2.36. The average molecular weight is 409 g/mol. The third kappa shape index (κ3) is 5.55. The minimum Gasteiger partial charge on any atom is -0.345 e. The third-order valence-electron chi connectivity index (χ3n) is 6.39. The first-order valence-electron chi connectivity index (χ1n) is 10.9. The molecule has 3 rings (SSSR count). The van der Waals surface area contributed by atoms with Gasteiger partial charge in [0, 0.05) is 6.04 Å². The molecule has 1 aliphatic carbocycles. The molecule has 2 amide bonds. The van der Waals surface area contributed by atoms with Crippen molar-refractivity contribution in [1.29, 1.82) is 0 Å².